The summed E-state index contributed by atoms with van der Waals surface area (Å²) in [4.78, 5) is 21.8. The Morgan fingerprint density at radius 3 is 2.61 bits per heavy atom. The number of halogens is 1. The van der Waals surface area contributed by atoms with E-state index in [0.29, 0.717) is 12.2 Å². The second kappa shape index (κ2) is 12.6. The standard InChI is InChI=1S/C27H29ClN8O2/c28-22-11-9-21(10-12-22)24(20-6-2-1-3-7-20)36-15-5-14-35(16-17-36)18-19-38-26-23(8-4-13-29-26)25(37)30-27-31-33-34-32-27/h1-4,6-13,24H,5,14-19H2,(H2,30,31,32,33,34,37). The number of hydrogen-bond acceptors (Lipinski definition) is 8. The number of pyridine rings is 1. The van der Waals surface area contributed by atoms with E-state index in [-0.39, 0.29) is 17.9 Å². The van der Waals surface area contributed by atoms with Crippen molar-refractivity contribution < 1.29 is 9.53 Å². The summed E-state index contributed by atoms with van der Waals surface area (Å²) >= 11 is 6.18. The molecule has 2 aromatic carbocycles. The summed E-state index contributed by atoms with van der Waals surface area (Å²) in [5, 5.41) is 16.4. The minimum atomic E-state index is -0.397. The van der Waals surface area contributed by atoms with E-state index in [1.807, 2.05) is 12.1 Å². The molecule has 1 saturated heterocycles. The lowest BCUT2D eigenvalue weighted by Gasteiger charge is -2.31. The fourth-order valence-electron chi connectivity index (χ4n) is 4.70. The van der Waals surface area contributed by atoms with Gasteiger partial charge in [0.15, 0.2) is 0 Å². The highest BCUT2D eigenvalue weighted by atomic mass is 35.5. The van der Waals surface area contributed by atoms with E-state index in [1.165, 1.54) is 11.1 Å². The van der Waals surface area contributed by atoms with Crippen LogP contribution in [-0.4, -0.2) is 80.6 Å². The van der Waals surface area contributed by atoms with Crippen molar-refractivity contribution in [1.29, 1.82) is 0 Å². The molecule has 4 aromatic rings. The van der Waals surface area contributed by atoms with Crippen LogP contribution in [0, 0.1) is 0 Å². The van der Waals surface area contributed by atoms with Crippen LogP contribution in [0.4, 0.5) is 5.95 Å². The van der Waals surface area contributed by atoms with Gasteiger partial charge in [-0.1, -0.05) is 59.2 Å². The number of benzene rings is 2. The third kappa shape index (κ3) is 6.52. The Morgan fingerprint density at radius 1 is 1.00 bits per heavy atom. The smallest absolute Gasteiger partial charge is 0.263 e. The highest BCUT2D eigenvalue weighted by molar-refractivity contribution is 6.30. The lowest BCUT2D eigenvalue weighted by Crippen LogP contribution is -2.35. The van der Waals surface area contributed by atoms with Crippen LogP contribution in [0.1, 0.15) is 33.9 Å². The fraction of sp³-hybridized carbons (Fsp3) is 0.296. The monoisotopic (exact) mass is 532 g/mol. The maximum atomic E-state index is 12.6. The summed E-state index contributed by atoms with van der Waals surface area (Å²) in [6.07, 6.45) is 2.64. The first-order valence-electron chi connectivity index (χ1n) is 12.6. The zero-order chi connectivity index (χ0) is 26.2. The van der Waals surface area contributed by atoms with Gasteiger partial charge in [-0.05, 0) is 58.8 Å². The van der Waals surface area contributed by atoms with Gasteiger partial charge in [0.25, 0.3) is 5.91 Å². The maximum absolute atomic E-state index is 12.6. The van der Waals surface area contributed by atoms with E-state index in [4.69, 9.17) is 16.3 Å². The molecule has 1 unspecified atom stereocenters. The van der Waals surface area contributed by atoms with Crippen molar-refractivity contribution >= 4 is 23.5 Å². The van der Waals surface area contributed by atoms with Gasteiger partial charge in [0.05, 0.1) is 6.04 Å². The lowest BCUT2D eigenvalue weighted by atomic mass is 9.97. The molecule has 1 fully saturated rings. The number of tetrazole rings is 1. The third-order valence-corrected chi connectivity index (χ3v) is 6.78. The van der Waals surface area contributed by atoms with Crippen molar-refractivity contribution in [2.24, 2.45) is 0 Å². The van der Waals surface area contributed by atoms with Gasteiger partial charge in [-0.15, -0.1) is 0 Å². The minimum absolute atomic E-state index is 0.159. The summed E-state index contributed by atoms with van der Waals surface area (Å²) < 4.78 is 5.94. The van der Waals surface area contributed by atoms with Gasteiger partial charge in [-0.2, -0.15) is 0 Å². The lowest BCUT2D eigenvalue weighted by molar-refractivity contribution is 0.102. The van der Waals surface area contributed by atoms with Crippen molar-refractivity contribution in [3.05, 3.63) is 94.6 Å². The van der Waals surface area contributed by atoms with Gasteiger partial charge >= 0.3 is 0 Å². The fourth-order valence-corrected chi connectivity index (χ4v) is 4.83. The SMILES string of the molecule is O=C(Nc1nnn[nH]1)c1cccnc1OCCN1CCCN(C(c2ccccc2)c2ccc(Cl)cc2)CC1. The van der Waals surface area contributed by atoms with Crippen LogP contribution < -0.4 is 10.1 Å². The molecule has 0 spiro atoms. The van der Waals surface area contributed by atoms with E-state index >= 15 is 0 Å². The van der Waals surface area contributed by atoms with Gasteiger partial charge in [0.2, 0.25) is 11.8 Å². The molecular formula is C27H29ClN8O2. The number of nitrogens with one attached hydrogen (secondary N) is 2. The number of carbonyl (C=O) groups is 1. The summed E-state index contributed by atoms with van der Waals surface area (Å²) in [7, 11) is 0. The molecule has 38 heavy (non-hydrogen) atoms. The first kappa shape index (κ1) is 25.8. The zero-order valence-electron chi connectivity index (χ0n) is 20.8. The molecule has 1 aliphatic rings. The number of anilines is 1. The molecule has 1 atom stereocenters. The normalized spacial score (nSPS) is 15.5. The van der Waals surface area contributed by atoms with Crippen molar-refractivity contribution in [2.75, 3.05) is 44.6 Å². The number of nitrogens with zero attached hydrogens (tertiary/aromatic N) is 6. The second-order valence-corrected chi connectivity index (χ2v) is 9.44. The Kier molecular flexibility index (Phi) is 8.54. The number of aromatic nitrogens is 5. The Morgan fingerprint density at radius 2 is 1.82 bits per heavy atom. The molecule has 196 valence electrons. The van der Waals surface area contributed by atoms with Crippen molar-refractivity contribution in [3.63, 3.8) is 0 Å². The van der Waals surface area contributed by atoms with E-state index in [0.717, 1.165) is 44.2 Å². The van der Waals surface area contributed by atoms with Crippen LogP contribution in [0.5, 0.6) is 5.88 Å². The van der Waals surface area contributed by atoms with Crippen molar-refractivity contribution in [3.8, 4) is 5.88 Å². The van der Waals surface area contributed by atoms with E-state index in [9.17, 15) is 4.79 Å². The minimum Gasteiger partial charge on any atom is -0.476 e. The summed E-state index contributed by atoms with van der Waals surface area (Å²) in [5.74, 6) is 0.0401. The van der Waals surface area contributed by atoms with E-state index in [2.05, 4.69) is 83.2 Å². The Hall–Kier alpha value is -3.86. The first-order chi connectivity index (χ1) is 18.7. The van der Waals surface area contributed by atoms with Crippen molar-refractivity contribution in [2.45, 2.75) is 12.5 Å². The highest BCUT2D eigenvalue weighted by Crippen LogP contribution is 2.30. The number of rotatable bonds is 9. The number of carbonyl (C=O) groups excluding carboxylic acids is 1. The number of ether oxygens (including phenoxy) is 1. The number of hydrogen-bond donors (Lipinski definition) is 2. The summed E-state index contributed by atoms with van der Waals surface area (Å²) in [6.45, 7) is 4.94. The van der Waals surface area contributed by atoms with Crippen LogP contribution in [-0.2, 0) is 0 Å². The number of H-pyrrole nitrogens is 1. The molecule has 0 saturated carbocycles. The quantitative estimate of drug-likeness (QED) is 0.336. The van der Waals surface area contributed by atoms with Crippen molar-refractivity contribution in [1.82, 2.24) is 35.4 Å². The largest absolute Gasteiger partial charge is 0.476 e. The third-order valence-electron chi connectivity index (χ3n) is 6.53. The molecule has 11 heteroatoms. The molecule has 1 aliphatic heterocycles. The first-order valence-corrected chi connectivity index (χ1v) is 12.9. The molecule has 3 heterocycles. The Labute approximate surface area is 226 Å². The van der Waals surface area contributed by atoms with Gasteiger partial charge in [0, 0.05) is 37.4 Å². The highest BCUT2D eigenvalue weighted by Gasteiger charge is 2.25. The molecule has 2 aromatic heterocycles. The summed E-state index contributed by atoms with van der Waals surface area (Å²) in [6, 6.07) is 22.3. The molecule has 0 aliphatic carbocycles. The van der Waals surface area contributed by atoms with Gasteiger partial charge < -0.3 is 4.74 Å². The number of aromatic amines is 1. The predicted octanol–water partition coefficient (Wildman–Crippen LogP) is 3.68. The predicted molar refractivity (Wildman–Crippen MR) is 144 cm³/mol. The molecule has 2 N–H and O–H groups in total. The molecule has 0 bridgehead atoms. The molecule has 10 nitrogen and oxygen atoms in total. The molecular weight excluding hydrogens is 504 g/mol. The van der Waals surface area contributed by atoms with Gasteiger partial charge in [-0.3, -0.25) is 19.9 Å². The maximum Gasteiger partial charge on any atom is 0.263 e. The topological polar surface area (TPSA) is 112 Å². The van der Waals surface area contributed by atoms with Crippen LogP contribution in [0.2, 0.25) is 5.02 Å². The Balaban J connectivity index is 1.19. The molecule has 1 amide bonds. The van der Waals surface area contributed by atoms with E-state index in [1.54, 1.807) is 18.3 Å². The van der Waals surface area contributed by atoms with E-state index < -0.39 is 5.91 Å². The summed E-state index contributed by atoms with van der Waals surface area (Å²) in [5.41, 5.74) is 2.83. The molecule has 5 rings (SSSR count). The van der Waals surface area contributed by atoms with Gasteiger partial charge in [-0.25, -0.2) is 10.1 Å². The van der Waals surface area contributed by atoms with Crippen LogP contribution in [0.25, 0.3) is 0 Å². The van der Waals surface area contributed by atoms with Crippen LogP contribution >= 0.6 is 11.6 Å². The van der Waals surface area contributed by atoms with Crippen LogP contribution in [0.15, 0.2) is 72.9 Å². The number of amides is 1. The average Bonchev–Trinajstić information content (AvgIpc) is 3.35. The average molecular weight is 533 g/mol. The van der Waals surface area contributed by atoms with Gasteiger partial charge in [0.1, 0.15) is 12.2 Å². The zero-order valence-corrected chi connectivity index (χ0v) is 21.6. The Bertz CT molecular complexity index is 1300. The molecule has 0 radical (unpaired) electrons. The van der Waals surface area contributed by atoms with Crippen LogP contribution in [0.3, 0.4) is 0 Å². The second-order valence-electron chi connectivity index (χ2n) is 9.00.